The number of hydrogen-bond donors (Lipinski definition) is 0. The van der Waals surface area contributed by atoms with Crippen LogP contribution in [0.15, 0.2) is 18.2 Å². The molecule has 0 saturated carbocycles. The molecule has 1 aliphatic heterocycles. The molecule has 1 fully saturated rings. The lowest BCUT2D eigenvalue weighted by molar-refractivity contribution is 0.162. The zero-order valence-corrected chi connectivity index (χ0v) is 11.2. The molecule has 1 unspecified atom stereocenters. The molecule has 1 aromatic rings. The molecule has 1 atom stereocenters. The fraction of sp³-hybridized carbons (Fsp3) is 0.500. The molecule has 1 aliphatic rings. The van der Waals surface area contributed by atoms with Crippen molar-refractivity contribution in [3.05, 3.63) is 34.6 Å². The molecule has 0 aromatic heterocycles. The Bertz CT molecular complexity index is 377. The van der Waals surface area contributed by atoms with Gasteiger partial charge < -0.3 is 4.74 Å². The van der Waals surface area contributed by atoms with Crippen LogP contribution in [0.1, 0.15) is 12.0 Å². The average molecular weight is 308 g/mol. The second kappa shape index (κ2) is 5.03. The van der Waals surface area contributed by atoms with E-state index in [0.717, 1.165) is 36.9 Å². The molecule has 0 radical (unpaired) electrons. The second-order valence-corrected chi connectivity index (χ2v) is 5.33. The third-order valence-electron chi connectivity index (χ3n) is 3.03. The van der Waals surface area contributed by atoms with Gasteiger partial charge in [-0.15, -0.1) is 0 Å². The van der Waals surface area contributed by atoms with Crippen LogP contribution in [0.4, 0.5) is 4.39 Å². The van der Waals surface area contributed by atoms with Gasteiger partial charge in [-0.3, -0.25) is 0 Å². The summed E-state index contributed by atoms with van der Waals surface area (Å²) in [5.74, 6) is -0.345. The summed E-state index contributed by atoms with van der Waals surface area (Å²) < 4.78 is 18.7. The third kappa shape index (κ3) is 2.58. The summed E-state index contributed by atoms with van der Waals surface area (Å²) >= 11 is 9.18. The van der Waals surface area contributed by atoms with E-state index in [1.807, 2.05) is 6.07 Å². The molecule has 4 heteroatoms. The van der Waals surface area contributed by atoms with Gasteiger partial charge in [0.25, 0.3) is 0 Å². The molecule has 1 nitrogen and oxygen atoms in total. The van der Waals surface area contributed by atoms with E-state index in [9.17, 15) is 4.39 Å². The zero-order valence-electron chi connectivity index (χ0n) is 8.81. The molecule has 0 aliphatic carbocycles. The van der Waals surface area contributed by atoms with Crippen molar-refractivity contribution in [2.24, 2.45) is 5.41 Å². The maximum atomic E-state index is 13.3. The molecule has 0 spiro atoms. The van der Waals surface area contributed by atoms with Gasteiger partial charge in [-0.25, -0.2) is 4.39 Å². The molecule has 0 N–H and O–H groups in total. The first-order valence-corrected chi connectivity index (χ1v) is 6.73. The topological polar surface area (TPSA) is 9.23 Å². The summed E-state index contributed by atoms with van der Waals surface area (Å²) in [5.41, 5.74) is 1.09. The normalized spacial score (nSPS) is 24.9. The van der Waals surface area contributed by atoms with E-state index in [2.05, 4.69) is 15.9 Å². The largest absolute Gasteiger partial charge is 0.381 e. The summed E-state index contributed by atoms with van der Waals surface area (Å²) in [6.07, 6.45) is 1.84. The van der Waals surface area contributed by atoms with Gasteiger partial charge in [-0.2, -0.15) is 0 Å². The van der Waals surface area contributed by atoms with Gasteiger partial charge in [0, 0.05) is 17.4 Å². The van der Waals surface area contributed by atoms with Crippen LogP contribution >= 0.6 is 27.5 Å². The van der Waals surface area contributed by atoms with Crippen molar-refractivity contribution in [2.45, 2.75) is 12.8 Å². The van der Waals surface area contributed by atoms with Crippen LogP contribution in [0.3, 0.4) is 0 Å². The fourth-order valence-corrected chi connectivity index (χ4v) is 2.78. The van der Waals surface area contributed by atoms with E-state index < -0.39 is 0 Å². The molecule has 0 bridgehead atoms. The Morgan fingerprint density at radius 2 is 2.31 bits per heavy atom. The quantitative estimate of drug-likeness (QED) is 0.771. The minimum atomic E-state index is -0.345. The Balaban J connectivity index is 2.16. The lowest BCUT2D eigenvalue weighted by atomic mass is 9.83. The Hall–Kier alpha value is -0.120. The van der Waals surface area contributed by atoms with Crippen molar-refractivity contribution in [2.75, 3.05) is 18.5 Å². The second-order valence-electron chi connectivity index (χ2n) is 4.36. The average Bonchev–Trinajstić information content (AvgIpc) is 2.73. The zero-order chi connectivity index (χ0) is 11.6. The van der Waals surface area contributed by atoms with Crippen molar-refractivity contribution >= 4 is 27.5 Å². The number of alkyl halides is 1. The Morgan fingerprint density at radius 1 is 1.50 bits per heavy atom. The maximum Gasteiger partial charge on any atom is 0.142 e. The highest BCUT2D eigenvalue weighted by Gasteiger charge is 2.34. The molecule has 1 aromatic carbocycles. The SMILES string of the molecule is Fc1cc(CC2(CBr)CCOC2)ccc1Cl. The Labute approximate surface area is 108 Å². The number of halogens is 3. The van der Waals surface area contributed by atoms with E-state index in [-0.39, 0.29) is 16.3 Å². The smallest absolute Gasteiger partial charge is 0.142 e. The van der Waals surface area contributed by atoms with E-state index >= 15 is 0 Å². The van der Waals surface area contributed by atoms with Crippen LogP contribution in [-0.2, 0) is 11.2 Å². The standard InChI is InChI=1S/C12H13BrClFO/c13-7-12(3-4-16-8-12)6-9-1-2-10(14)11(15)5-9/h1-2,5H,3-4,6-8H2. The summed E-state index contributed by atoms with van der Waals surface area (Å²) in [4.78, 5) is 0. The Kier molecular flexibility index (Phi) is 3.88. The number of hydrogen-bond acceptors (Lipinski definition) is 1. The molecular weight excluding hydrogens is 294 g/mol. The van der Waals surface area contributed by atoms with Crippen molar-refractivity contribution in [3.8, 4) is 0 Å². The summed E-state index contributed by atoms with van der Waals surface area (Å²) in [6.45, 7) is 1.53. The van der Waals surface area contributed by atoms with Gasteiger partial charge in [0.1, 0.15) is 5.82 Å². The fourth-order valence-electron chi connectivity index (χ4n) is 2.02. The van der Waals surface area contributed by atoms with Crippen LogP contribution in [-0.4, -0.2) is 18.5 Å². The van der Waals surface area contributed by atoms with Crippen LogP contribution < -0.4 is 0 Å². The van der Waals surface area contributed by atoms with Gasteiger partial charge in [-0.05, 0) is 30.5 Å². The minimum Gasteiger partial charge on any atom is -0.381 e. The highest BCUT2D eigenvalue weighted by atomic mass is 79.9. The number of ether oxygens (including phenoxy) is 1. The van der Waals surface area contributed by atoms with Crippen molar-refractivity contribution in [3.63, 3.8) is 0 Å². The predicted molar refractivity (Wildman–Crippen MR) is 66.8 cm³/mol. The third-order valence-corrected chi connectivity index (χ3v) is 4.53. The van der Waals surface area contributed by atoms with E-state index in [1.165, 1.54) is 6.07 Å². The van der Waals surface area contributed by atoms with Crippen molar-refractivity contribution < 1.29 is 9.13 Å². The predicted octanol–water partition coefficient (Wildman–Crippen LogP) is 3.82. The molecule has 88 valence electrons. The summed E-state index contributed by atoms with van der Waals surface area (Å²) in [6, 6.07) is 5.02. The first-order chi connectivity index (χ1) is 7.65. The molecule has 1 saturated heterocycles. The molecular formula is C12H13BrClFO. The van der Waals surface area contributed by atoms with Crippen LogP contribution in [0.5, 0.6) is 0 Å². The van der Waals surface area contributed by atoms with Crippen LogP contribution in [0, 0.1) is 11.2 Å². The van der Waals surface area contributed by atoms with Crippen LogP contribution in [0.2, 0.25) is 5.02 Å². The monoisotopic (exact) mass is 306 g/mol. The molecule has 2 rings (SSSR count). The van der Waals surface area contributed by atoms with Gasteiger partial charge in [0.2, 0.25) is 0 Å². The first kappa shape index (κ1) is 12.3. The number of benzene rings is 1. The van der Waals surface area contributed by atoms with E-state index in [0.29, 0.717) is 0 Å². The van der Waals surface area contributed by atoms with E-state index in [4.69, 9.17) is 16.3 Å². The highest BCUT2D eigenvalue weighted by Crippen LogP contribution is 2.35. The molecule has 1 heterocycles. The first-order valence-electron chi connectivity index (χ1n) is 5.23. The highest BCUT2D eigenvalue weighted by molar-refractivity contribution is 9.09. The lowest BCUT2D eigenvalue weighted by Gasteiger charge is -2.24. The molecule has 0 amide bonds. The molecule has 16 heavy (non-hydrogen) atoms. The van der Waals surface area contributed by atoms with Crippen LogP contribution in [0.25, 0.3) is 0 Å². The minimum absolute atomic E-state index is 0.111. The maximum absolute atomic E-state index is 13.3. The summed E-state index contributed by atoms with van der Waals surface area (Å²) in [5, 5.41) is 1.06. The lowest BCUT2D eigenvalue weighted by Crippen LogP contribution is -2.25. The van der Waals surface area contributed by atoms with Gasteiger partial charge >= 0.3 is 0 Å². The van der Waals surface area contributed by atoms with Crippen molar-refractivity contribution in [1.82, 2.24) is 0 Å². The van der Waals surface area contributed by atoms with E-state index in [1.54, 1.807) is 6.07 Å². The Morgan fingerprint density at radius 3 is 2.88 bits per heavy atom. The number of rotatable bonds is 3. The van der Waals surface area contributed by atoms with Crippen molar-refractivity contribution in [1.29, 1.82) is 0 Å². The van der Waals surface area contributed by atoms with Gasteiger partial charge in [0.15, 0.2) is 0 Å². The summed E-state index contributed by atoms with van der Waals surface area (Å²) in [7, 11) is 0. The van der Waals surface area contributed by atoms with Gasteiger partial charge in [0.05, 0.1) is 11.6 Å². The van der Waals surface area contributed by atoms with Gasteiger partial charge in [-0.1, -0.05) is 33.6 Å².